The van der Waals surface area contributed by atoms with E-state index in [2.05, 4.69) is 15.6 Å². The van der Waals surface area contributed by atoms with Gasteiger partial charge in [-0.2, -0.15) is 0 Å². The molecule has 7 heteroatoms. The summed E-state index contributed by atoms with van der Waals surface area (Å²) in [6.45, 7) is 1.32. The van der Waals surface area contributed by atoms with Crippen LogP contribution in [0, 0.1) is 0 Å². The summed E-state index contributed by atoms with van der Waals surface area (Å²) in [5.74, 6) is -0.869. The van der Waals surface area contributed by atoms with Gasteiger partial charge in [-0.1, -0.05) is 35.9 Å². The number of carbonyl (C=O) groups excluding carboxylic acids is 2. The Bertz CT molecular complexity index is 1320. The van der Waals surface area contributed by atoms with Crippen molar-refractivity contribution in [2.75, 3.05) is 10.6 Å². The maximum atomic E-state index is 12.8. The van der Waals surface area contributed by atoms with Crippen molar-refractivity contribution in [3.05, 3.63) is 83.5 Å². The second kappa shape index (κ2) is 8.45. The second-order valence-electron chi connectivity index (χ2n) is 6.94. The summed E-state index contributed by atoms with van der Waals surface area (Å²) < 4.78 is 0. The van der Waals surface area contributed by atoms with E-state index in [-0.39, 0.29) is 22.9 Å². The van der Waals surface area contributed by atoms with Crippen molar-refractivity contribution in [2.24, 2.45) is 0 Å². The number of fused-ring (bicyclic) bond motifs is 1. The lowest BCUT2D eigenvalue weighted by Crippen LogP contribution is -2.13. The topological polar surface area (TPSA) is 91.3 Å². The van der Waals surface area contributed by atoms with Crippen molar-refractivity contribution in [3.8, 4) is 17.0 Å². The molecule has 2 amide bonds. The smallest absolute Gasteiger partial charge is 0.255 e. The van der Waals surface area contributed by atoms with Gasteiger partial charge in [0, 0.05) is 35.3 Å². The standard InChI is InChI=1S/C24H18ClN3O3/c1-14(29)27-21-12-16(6-9-22(21)30)24(31)28-17-7-8-20(25)19(13-17)23-18-5-3-2-4-15(18)10-11-26-23/h2-13,30H,1H3,(H,27,29)(H,28,31). The molecule has 6 nitrogen and oxygen atoms in total. The number of hydrogen-bond acceptors (Lipinski definition) is 4. The first kappa shape index (κ1) is 20.4. The zero-order valence-electron chi connectivity index (χ0n) is 16.5. The Kier molecular flexibility index (Phi) is 5.56. The van der Waals surface area contributed by atoms with Crippen molar-refractivity contribution < 1.29 is 14.7 Å². The molecular weight excluding hydrogens is 414 g/mol. The predicted molar refractivity (Wildman–Crippen MR) is 123 cm³/mol. The highest BCUT2D eigenvalue weighted by Gasteiger charge is 2.14. The Labute approximate surface area is 183 Å². The number of carbonyl (C=O) groups is 2. The van der Waals surface area contributed by atoms with Gasteiger partial charge in [-0.05, 0) is 47.9 Å². The first-order chi connectivity index (χ1) is 14.9. The third-order valence-corrected chi connectivity index (χ3v) is 5.05. The average Bonchev–Trinajstić information content (AvgIpc) is 2.76. The number of phenolic OH excluding ortho intramolecular Hbond substituents is 1. The number of halogens is 1. The summed E-state index contributed by atoms with van der Waals surface area (Å²) in [5.41, 5.74) is 2.39. The molecule has 3 aromatic carbocycles. The van der Waals surface area contributed by atoms with E-state index in [9.17, 15) is 14.7 Å². The first-order valence-electron chi connectivity index (χ1n) is 9.48. The van der Waals surface area contributed by atoms with Gasteiger partial charge in [-0.25, -0.2) is 0 Å². The SMILES string of the molecule is CC(=O)Nc1cc(C(=O)Nc2ccc(Cl)c(-c3nccc4ccccc34)c2)ccc1O. The van der Waals surface area contributed by atoms with Gasteiger partial charge < -0.3 is 15.7 Å². The normalized spacial score (nSPS) is 10.6. The first-order valence-corrected chi connectivity index (χ1v) is 9.86. The Morgan fingerprint density at radius 3 is 2.58 bits per heavy atom. The van der Waals surface area contributed by atoms with Gasteiger partial charge in [0.15, 0.2) is 0 Å². The van der Waals surface area contributed by atoms with E-state index >= 15 is 0 Å². The summed E-state index contributed by atoms with van der Waals surface area (Å²) in [4.78, 5) is 28.5. The molecule has 0 fully saturated rings. The zero-order valence-corrected chi connectivity index (χ0v) is 17.3. The molecule has 0 spiro atoms. The highest BCUT2D eigenvalue weighted by atomic mass is 35.5. The van der Waals surface area contributed by atoms with E-state index in [4.69, 9.17) is 11.6 Å². The zero-order chi connectivity index (χ0) is 22.0. The third-order valence-electron chi connectivity index (χ3n) is 4.72. The summed E-state index contributed by atoms with van der Waals surface area (Å²) in [5, 5.41) is 17.7. The minimum atomic E-state index is -0.397. The molecule has 4 rings (SSSR count). The lowest BCUT2D eigenvalue weighted by atomic mass is 10.0. The molecule has 31 heavy (non-hydrogen) atoms. The van der Waals surface area contributed by atoms with Gasteiger partial charge >= 0.3 is 0 Å². The van der Waals surface area contributed by atoms with E-state index in [0.29, 0.717) is 16.3 Å². The molecule has 0 radical (unpaired) electrons. The molecule has 0 saturated carbocycles. The maximum absolute atomic E-state index is 12.8. The number of benzene rings is 3. The minimum absolute atomic E-state index is 0.123. The van der Waals surface area contributed by atoms with E-state index in [1.54, 1.807) is 24.4 Å². The van der Waals surface area contributed by atoms with Crippen molar-refractivity contribution in [1.82, 2.24) is 4.98 Å². The Hall–Kier alpha value is -3.90. The highest BCUT2D eigenvalue weighted by Crippen LogP contribution is 2.34. The Morgan fingerprint density at radius 2 is 1.77 bits per heavy atom. The fraction of sp³-hybridized carbons (Fsp3) is 0.0417. The molecule has 1 aromatic heterocycles. The van der Waals surface area contributed by atoms with E-state index in [0.717, 1.165) is 16.5 Å². The number of pyridine rings is 1. The summed E-state index contributed by atoms with van der Waals surface area (Å²) in [6, 6.07) is 19.2. The fourth-order valence-electron chi connectivity index (χ4n) is 3.29. The van der Waals surface area contributed by atoms with Crippen LogP contribution in [0.1, 0.15) is 17.3 Å². The highest BCUT2D eigenvalue weighted by molar-refractivity contribution is 6.33. The Balaban J connectivity index is 1.66. The lowest BCUT2D eigenvalue weighted by Gasteiger charge is -2.12. The van der Waals surface area contributed by atoms with Crippen LogP contribution in [0.2, 0.25) is 5.02 Å². The van der Waals surface area contributed by atoms with Gasteiger partial charge in [0.2, 0.25) is 5.91 Å². The van der Waals surface area contributed by atoms with Gasteiger partial charge in [-0.3, -0.25) is 14.6 Å². The van der Waals surface area contributed by atoms with Crippen LogP contribution < -0.4 is 10.6 Å². The molecule has 0 unspecified atom stereocenters. The van der Waals surface area contributed by atoms with Crippen molar-refractivity contribution >= 4 is 45.6 Å². The van der Waals surface area contributed by atoms with Crippen molar-refractivity contribution in [2.45, 2.75) is 6.92 Å². The van der Waals surface area contributed by atoms with E-state index in [1.165, 1.54) is 25.1 Å². The van der Waals surface area contributed by atoms with E-state index < -0.39 is 5.91 Å². The molecule has 154 valence electrons. The predicted octanol–water partition coefficient (Wildman–Crippen LogP) is 5.47. The molecule has 1 heterocycles. The fourth-order valence-corrected chi connectivity index (χ4v) is 3.50. The molecule has 0 aliphatic carbocycles. The number of anilines is 2. The van der Waals surface area contributed by atoms with Crippen LogP contribution in [-0.2, 0) is 4.79 Å². The maximum Gasteiger partial charge on any atom is 0.255 e. The lowest BCUT2D eigenvalue weighted by molar-refractivity contribution is -0.114. The van der Waals surface area contributed by atoms with Crippen LogP contribution in [0.25, 0.3) is 22.0 Å². The van der Waals surface area contributed by atoms with Crippen LogP contribution in [0.15, 0.2) is 72.9 Å². The van der Waals surface area contributed by atoms with Gasteiger partial charge in [0.05, 0.1) is 16.4 Å². The second-order valence-corrected chi connectivity index (χ2v) is 7.35. The quantitative estimate of drug-likeness (QED) is 0.373. The molecular formula is C24H18ClN3O3. The largest absolute Gasteiger partial charge is 0.506 e. The summed E-state index contributed by atoms with van der Waals surface area (Å²) in [7, 11) is 0. The molecule has 4 aromatic rings. The minimum Gasteiger partial charge on any atom is -0.506 e. The van der Waals surface area contributed by atoms with Gasteiger partial charge in [-0.15, -0.1) is 0 Å². The van der Waals surface area contributed by atoms with Gasteiger partial charge in [0.1, 0.15) is 5.75 Å². The average molecular weight is 432 g/mol. The Morgan fingerprint density at radius 1 is 0.968 bits per heavy atom. The van der Waals surface area contributed by atoms with Crippen LogP contribution in [-0.4, -0.2) is 21.9 Å². The van der Waals surface area contributed by atoms with Crippen molar-refractivity contribution in [3.63, 3.8) is 0 Å². The third kappa shape index (κ3) is 4.34. The number of phenols is 1. The number of nitrogens with one attached hydrogen (secondary N) is 2. The number of aromatic hydroxyl groups is 1. The monoisotopic (exact) mass is 431 g/mol. The van der Waals surface area contributed by atoms with Crippen LogP contribution in [0.5, 0.6) is 5.75 Å². The van der Waals surface area contributed by atoms with Gasteiger partial charge in [0.25, 0.3) is 5.91 Å². The van der Waals surface area contributed by atoms with E-state index in [1.807, 2.05) is 30.3 Å². The number of nitrogens with zero attached hydrogens (tertiary/aromatic N) is 1. The van der Waals surface area contributed by atoms with Crippen LogP contribution in [0.4, 0.5) is 11.4 Å². The molecule has 0 atom stereocenters. The van der Waals surface area contributed by atoms with Crippen LogP contribution in [0.3, 0.4) is 0 Å². The number of aromatic nitrogens is 1. The number of amides is 2. The molecule has 0 bridgehead atoms. The molecule has 0 saturated heterocycles. The van der Waals surface area contributed by atoms with Crippen LogP contribution >= 0.6 is 11.6 Å². The molecule has 0 aliphatic rings. The number of hydrogen-bond donors (Lipinski definition) is 3. The molecule has 0 aliphatic heterocycles. The molecule has 3 N–H and O–H groups in total. The van der Waals surface area contributed by atoms with Crippen molar-refractivity contribution in [1.29, 1.82) is 0 Å². The summed E-state index contributed by atoms with van der Waals surface area (Å²) >= 11 is 6.45. The summed E-state index contributed by atoms with van der Waals surface area (Å²) in [6.07, 6.45) is 1.72. The number of rotatable bonds is 4.